The van der Waals surface area contributed by atoms with Crippen LogP contribution in [0.3, 0.4) is 0 Å². The van der Waals surface area contributed by atoms with Crippen LogP contribution in [0.5, 0.6) is 0 Å². The molecule has 0 aliphatic carbocycles. The van der Waals surface area contributed by atoms with E-state index in [1.165, 1.54) is 0 Å². The highest BCUT2D eigenvalue weighted by molar-refractivity contribution is 5.85. The van der Waals surface area contributed by atoms with Gasteiger partial charge in [0.1, 0.15) is 5.82 Å². The van der Waals surface area contributed by atoms with E-state index in [0.717, 1.165) is 0 Å². The molecule has 0 bridgehead atoms. The summed E-state index contributed by atoms with van der Waals surface area (Å²) in [4.78, 5) is 0. The van der Waals surface area contributed by atoms with Crippen molar-refractivity contribution in [2.45, 2.75) is 50.7 Å². The smallest absolute Gasteiger partial charge is 0.391 e. The molecule has 24 heavy (non-hydrogen) atoms. The number of alkyl halides is 6. The van der Waals surface area contributed by atoms with Crippen molar-refractivity contribution in [3.8, 4) is 0 Å². The average molecular weight is 384 g/mol. The molecule has 0 heterocycles. The van der Waals surface area contributed by atoms with Crippen LogP contribution < -0.4 is 5.73 Å². The molecule has 2 atom stereocenters. The van der Waals surface area contributed by atoms with Gasteiger partial charge in [0.2, 0.25) is 0 Å². The summed E-state index contributed by atoms with van der Waals surface area (Å²) in [5.41, 5.74) is 0.719. The monoisotopic (exact) mass is 383 g/mol. The second-order valence-electron chi connectivity index (χ2n) is 5.15. The minimum atomic E-state index is -5.24. The van der Waals surface area contributed by atoms with Crippen LogP contribution in [0, 0.1) is 5.82 Å². The van der Waals surface area contributed by atoms with Gasteiger partial charge in [-0.05, 0) is 18.6 Å². The summed E-state index contributed by atoms with van der Waals surface area (Å²) in [7, 11) is 0. The largest absolute Gasteiger partial charge is 0.416 e. The van der Waals surface area contributed by atoms with E-state index in [2.05, 4.69) is 0 Å². The summed E-state index contributed by atoms with van der Waals surface area (Å²) < 4.78 is 90.7. The molecule has 1 rings (SSSR count). The van der Waals surface area contributed by atoms with Crippen LogP contribution in [-0.2, 0) is 12.4 Å². The van der Waals surface area contributed by atoms with Crippen molar-refractivity contribution in [2.24, 2.45) is 5.73 Å². The van der Waals surface area contributed by atoms with Crippen LogP contribution in [0.2, 0.25) is 0 Å². The first-order chi connectivity index (χ1) is 10.4. The lowest BCUT2D eigenvalue weighted by Gasteiger charge is -2.24. The molecule has 0 aliphatic heterocycles. The molecule has 10 heteroatoms. The van der Waals surface area contributed by atoms with Gasteiger partial charge in [0.05, 0.1) is 23.3 Å². The zero-order valence-corrected chi connectivity index (χ0v) is 13.3. The first-order valence-corrected chi connectivity index (χ1v) is 6.81. The van der Waals surface area contributed by atoms with E-state index in [1.54, 1.807) is 6.92 Å². The van der Waals surface area contributed by atoms with Gasteiger partial charge >= 0.3 is 12.4 Å². The number of nitrogens with two attached hydrogens (primary N) is 1. The summed E-state index contributed by atoms with van der Waals surface area (Å²) in [6.45, 7) is 1.76. The van der Waals surface area contributed by atoms with Gasteiger partial charge in [0, 0.05) is 5.56 Å². The molecule has 0 spiro atoms. The van der Waals surface area contributed by atoms with Gasteiger partial charge in [-0.15, -0.1) is 12.4 Å². The minimum Gasteiger partial charge on any atom is -0.391 e. The van der Waals surface area contributed by atoms with Gasteiger partial charge in [-0.2, -0.15) is 26.3 Å². The number of benzene rings is 1. The second-order valence-corrected chi connectivity index (χ2v) is 5.15. The molecule has 0 radical (unpaired) electrons. The van der Waals surface area contributed by atoms with Crippen molar-refractivity contribution in [3.05, 3.63) is 34.6 Å². The van der Waals surface area contributed by atoms with E-state index in [4.69, 9.17) is 5.73 Å². The van der Waals surface area contributed by atoms with Crippen LogP contribution in [0.4, 0.5) is 30.7 Å². The van der Waals surface area contributed by atoms with Gasteiger partial charge in [0.15, 0.2) is 0 Å². The molecule has 0 unspecified atom stereocenters. The first kappa shape index (κ1) is 22.9. The number of aliphatic hydroxyl groups is 1. The number of hydrogen-bond donors (Lipinski definition) is 2. The third-order valence-corrected chi connectivity index (χ3v) is 3.36. The van der Waals surface area contributed by atoms with E-state index in [0.29, 0.717) is 12.8 Å². The highest BCUT2D eigenvalue weighted by Crippen LogP contribution is 2.40. The second kappa shape index (κ2) is 8.35. The molecular weight excluding hydrogens is 367 g/mol. The Morgan fingerprint density at radius 1 is 1.08 bits per heavy atom. The predicted molar refractivity (Wildman–Crippen MR) is 76.1 cm³/mol. The van der Waals surface area contributed by atoms with Crippen LogP contribution in [0.1, 0.15) is 48.9 Å². The molecule has 0 saturated carbocycles. The SMILES string of the molecule is CCCC[C@@H](O)[C@@H](N)c1c(F)cc(C(F)(F)F)cc1C(F)(F)F.Cl. The van der Waals surface area contributed by atoms with Gasteiger partial charge < -0.3 is 10.8 Å². The summed E-state index contributed by atoms with van der Waals surface area (Å²) in [6, 6.07) is -2.01. The Bertz CT molecular complexity index is 545. The normalized spacial score (nSPS) is 14.9. The fourth-order valence-corrected chi connectivity index (χ4v) is 2.14. The summed E-state index contributed by atoms with van der Waals surface area (Å²) in [5, 5.41) is 9.76. The molecule has 140 valence electrons. The van der Waals surface area contributed by atoms with Crippen molar-refractivity contribution in [1.29, 1.82) is 0 Å². The molecule has 2 nitrogen and oxygen atoms in total. The maximum atomic E-state index is 13.9. The maximum absolute atomic E-state index is 13.9. The van der Waals surface area contributed by atoms with Crippen LogP contribution in [-0.4, -0.2) is 11.2 Å². The van der Waals surface area contributed by atoms with E-state index >= 15 is 0 Å². The van der Waals surface area contributed by atoms with Crippen LogP contribution in [0.15, 0.2) is 12.1 Å². The number of hydrogen-bond acceptors (Lipinski definition) is 2. The Balaban J connectivity index is 0.00000529. The van der Waals surface area contributed by atoms with Crippen molar-refractivity contribution in [3.63, 3.8) is 0 Å². The topological polar surface area (TPSA) is 46.2 Å². The molecule has 0 fully saturated rings. The van der Waals surface area contributed by atoms with E-state index in [1.807, 2.05) is 0 Å². The fourth-order valence-electron chi connectivity index (χ4n) is 2.14. The summed E-state index contributed by atoms with van der Waals surface area (Å²) in [5.74, 6) is -1.74. The molecular formula is C14H17ClF7NO. The zero-order chi connectivity index (χ0) is 18.0. The highest BCUT2D eigenvalue weighted by Gasteiger charge is 2.41. The van der Waals surface area contributed by atoms with E-state index in [-0.39, 0.29) is 31.0 Å². The van der Waals surface area contributed by atoms with Crippen molar-refractivity contribution in [1.82, 2.24) is 0 Å². The Labute approximate surface area is 140 Å². The first-order valence-electron chi connectivity index (χ1n) is 6.81. The van der Waals surface area contributed by atoms with Crippen molar-refractivity contribution >= 4 is 12.4 Å². The zero-order valence-electron chi connectivity index (χ0n) is 12.5. The minimum absolute atomic E-state index is 0. The Morgan fingerprint density at radius 3 is 2.04 bits per heavy atom. The Morgan fingerprint density at radius 2 is 1.62 bits per heavy atom. The lowest BCUT2D eigenvalue weighted by molar-refractivity contribution is -0.144. The predicted octanol–water partition coefficient (Wildman–Crippen LogP) is 4.84. The van der Waals surface area contributed by atoms with Gasteiger partial charge in [-0.1, -0.05) is 19.8 Å². The van der Waals surface area contributed by atoms with E-state index < -0.39 is 47.0 Å². The van der Waals surface area contributed by atoms with E-state index in [9.17, 15) is 35.8 Å². The van der Waals surface area contributed by atoms with Gasteiger partial charge in [-0.25, -0.2) is 4.39 Å². The highest BCUT2D eigenvalue weighted by atomic mass is 35.5. The molecule has 0 aliphatic rings. The summed E-state index contributed by atoms with van der Waals surface area (Å²) >= 11 is 0. The molecule has 1 aromatic rings. The molecule has 3 N–H and O–H groups in total. The van der Waals surface area contributed by atoms with Gasteiger partial charge in [-0.3, -0.25) is 0 Å². The van der Waals surface area contributed by atoms with Crippen molar-refractivity contribution in [2.75, 3.05) is 0 Å². The lowest BCUT2D eigenvalue weighted by atomic mass is 9.92. The third-order valence-electron chi connectivity index (χ3n) is 3.36. The molecule has 1 aromatic carbocycles. The van der Waals surface area contributed by atoms with Crippen LogP contribution >= 0.6 is 12.4 Å². The number of aliphatic hydroxyl groups excluding tert-OH is 1. The summed E-state index contributed by atoms with van der Waals surface area (Å²) in [6.07, 6.45) is -10.8. The standard InChI is InChI=1S/C14H16F7NO.ClH/c1-2-3-4-10(23)12(22)11-8(14(19,20)21)5-7(6-9(11)15)13(16,17)18;/h5-6,10,12,23H,2-4,22H2,1H3;1H/t10-,12-;/m1./s1. The molecule has 0 saturated heterocycles. The third kappa shape index (κ3) is 5.49. The number of unbranched alkanes of at least 4 members (excludes halogenated alkanes) is 1. The quantitative estimate of drug-likeness (QED) is 0.715. The number of halogens is 8. The maximum Gasteiger partial charge on any atom is 0.416 e. The Kier molecular flexibility index (Phi) is 7.98. The number of rotatable bonds is 5. The van der Waals surface area contributed by atoms with Gasteiger partial charge in [0.25, 0.3) is 0 Å². The van der Waals surface area contributed by atoms with Crippen molar-refractivity contribution < 1.29 is 35.8 Å². The fraction of sp³-hybridized carbons (Fsp3) is 0.571. The Hall–Kier alpha value is -1.06. The van der Waals surface area contributed by atoms with Crippen LogP contribution in [0.25, 0.3) is 0 Å². The average Bonchev–Trinajstić information content (AvgIpc) is 2.41. The molecule has 0 aromatic heterocycles. The lowest BCUT2D eigenvalue weighted by Crippen LogP contribution is -2.30. The molecule has 0 amide bonds.